The van der Waals surface area contributed by atoms with Crippen molar-refractivity contribution in [1.82, 2.24) is 4.31 Å². The standard InChI is InChI=1S/C17H26N2O4S/c1-4-24(21,22)19-11-5-6-14(12-19)17(20)18-15-7-9-16(10-8-15)23-13(2)3/h7-10,13-14H,4-6,11-12H2,1-3H3,(H,18,20)/t14-/m1/s1. The smallest absolute Gasteiger partial charge is 0.228 e. The lowest BCUT2D eigenvalue weighted by atomic mass is 9.99. The van der Waals surface area contributed by atoms with Crippen molar-refractivity contribution in [3.05, 3.63) is 24.3 Å². The minimum atomic E-state index is -3.24. The van der Waals surface area contributed by atoms with Crippen molar-refractivity contribution < 1.29 is 17.9 Å². The first-order valence-electron chi connectivity index (χ1n) is 8.37. The first-order chi connectivity index (χ1) is 11.3. The Morgan fingerprint density at radius 2 is 2.00 bits per heavy atom. The highest BCUT2D eigenvalue weighted by Crippen LogP contribution is 2.22. The average Bonchev–Trinajstić information content (AvgIpc) is 2.56. The Balaban J connectivity index is 1.96. The predicted octanol–water partition coefficient (Wildman–Crippen LogP) is 2.47. The molecule has 0 bridgehead atoms. The van der Waals surface area contributed by atoms with Crippen LogP contribution in [0, 0.1) is 5.92 Å². The third-order valence-electron chi connectivity index (χ3n) is 4.01. The summed E-state index contributed by atoms with van der Waals surface area (Å²) in [6.07, 6.45) is 1.51. The molecule has 1 aromatic rings. The van der Waals surface area contributed by atoms with Gasteiger partial charge in [0.05, 0.1) is 17.8 Å². The SMILES string of the molecule is CCS(=O)(=O)N1CCC[C@@H](C(=O)Nc2ccc(OC(C)C)cc2)C1. The number of piperidine rings is 1. The largest absolute Gasteiger partial charge is 0.491 e. The molecule has 0 spiro atoms. The van der Waals surface area contributed by atoms with Crippen LogP contribution in [0.25, 0.3) is 0 Å². The van der Waals surface area contributed by atoms with Crippen LogP contribution in [0.15, 0.2) is 24.3 Å². The lowest BCUT2D eigenvalue weighted by molar-refractivity contribution is -0.120. The maximum atomic E-state index is 12.4. The van der Waals surface area contributed by atoms with Crippen molar-refractivity contribution in [1.29, 1.82) is 0 Å². The van der Waals surface area contributed by atoms with Crippen LogP contribution in [0.2, 0.25) is 0 Å². The van der Waals surface area contributed by atoms with E-state index in [1.807, 2.05) is 26.0 Å². The van der Waals surface area contributed by atoms with Crippen LogP contribution in [-0.2, 0) is 14.8 Å². The Labute approximate surface area is 144 Å². The number of carbonyl (C=O) groups excluding carboxylic acids is 1. The van der Waals surface area contributed by atoms with E-state index in [-0.39, 0.29) is 30.2 Å². The number of anilines is 1. The van der Waals surface area contributed by atoms with Crippen LogP contribution >= 0.6 is 0 Å². The highest BCUT2D eigenvalue weighted by Gasteiger charge is 2.31. The molecule has 6 nitrogen and oxygen atoms in total. The van der Waals surface area contributed by atoms with Crippen molar-refractivity contribution in [3.8, 4) is 5.75 Å². The first kappa shape index (κ1) is 18.7. The zero-order valence-electron chi connectivity index (χ0n) is 14.5. The van der Waals surface area contributed by atoms with Gasteiger partial charge in [0, 0.05) is 18.8 Å². The summed E-state index contributed by atoms with van der Waals surface area (Å²) in [5.74, 6) is 0.370. The van der Waals surface area contributed by atoms with E-state index in [1.54, 1.807) is 19.1 Å². The summed E-state index contributed by atoms with van der Waals surface area (Å²) in [6.45, 7) is 6.29. The van der Waals surface area contributed by atoms with Gasteiger partial charge in [-0.1, -0.05) is 0 Å². The Hall–Kier alpha value is -1.60. The van der Waals surface area contributed by atoms with Crippen LogP contribution in [0.3, 0.4) is 0 Å². The number of hydrogen-bond donors (Lipinski definition) is 1. The number of rotatable bonds is 6. The molecule has 0 radical (unpaired) electrons. The summed E-state index contributed by atoms with van der Waals surface area (Å²) in [4.78, 5) is 12.4. The molecule has 2 rings (SSSR count). The van der Waals surface area contributed by atoms with Gasteiger partial charge in [0.25, 0.3) is 0 Å². The van der Waals surface area contributed by atoms with Gasteiger partial charge < -0.3 is 10.1 Å². The van der Waals surface area contributed by atoms with Gasteiger partial charge in [0.2, 0.25) is 15.9 Å². The van der Waals surface area contributed by atoms with Crippen molar-refractivity contribution in [3.63, 3.8) is 0 Å². The van der Waals surface area contributed by atoms with Crippen molar-refractivity contribution in [2.24, 2.45) is 5.92 Å². The Morgan fingerprint density at radius 1 is 1.33 bits per heavy atom. The van der Waals surface area contributed by atoms with E-state index in [2.05, 4.69) is 5.32 Å². The molecular weight excluding hydrogens is 328 g/mol. The van der Waals surface area contributed by atoms with Gasteiger partial charge in [-0.3, -0.25) is 4.79 Å². The zero-order valence-corrected chi connectivity index (χ0v) is 15.3. The maximum absolute atomic E-state index is 12.4. The fraction of sp³-hybridized carbons (Fsp3) is 0.588. The number of nitrogens with zero attached hydrogens (tertiary/aromatic N) is 1. The molecule has 1 aliphatic rings. The lowest BCUT2D eigenvalue weighted by Crippen LogP contribution is -2.44. The third kappa shape index (κ3) is 4.95. The maximum Gasteiger partial charge on any atom is 0.228 e. The zero-order chi connectivity index (χ0) is 17.7. The Kier molecular flexibility index (Phi) is 6.23. The summed E-state index contributed by atoms with van der Waals surface area (Å²) in [6, 6.07) is 7.20. The molecule has 0 saturated carbocycles. The highest BCUT2D eigenvalue weighted by molar-refractivity contribution is 7.89. The van der Waals surface area contributed by atoms with Crippen LogP contribution in [0.5, 0.6) is 5.75 Å². The topological polar surface area (TPSA) is 75.7 Å². The molecule has 1 fully saturated rings. The first-order valence-corrected chi connectivity index (χ1v) is 9.98. The van der Waals surface area contributed by atoms with Gasteiger partial charge in [-0.15, -0.1) is 0 Å². The number of ether oxygens (including phenoxy) is 1. The number of sulfonamides is 1. The van der Waals surface area contributed by atoms with Gasteiger partial charge in [-0.05, 0) is 57.9 Å². The fourth-order valence-corrected chi connectivity index (χ4v) is 3.90. The second-order valence-corrected chi connectivity index (χ2v) is 8.54. The number of hydrogen-bond acceptors (Lipinski definition) is 4. The highest BCUT2D eigenvalue weighted by atomic mass is 32.2. The minimum Gasteiger partial charge on any atom is -0.491 e. The molecule has 1 atom stereocenters. The van der Waals surface area contributed by atoms with E-state index >= 15 is 0 Å². The lowest BCUT2D eigenvalue weighted by Gasteiger charge is -2.30. The van der Waals surface area contributed by atoms with Crippen LogP contribution in [0.4, 0.5) is 5.69 Å². The Bertz CT molecular complexity index is 656. The second-order valence-electron chi connectivity index (χ2n) is 6.28. The second kappa shape index (κ2) is 7.98. The van der Waals surface area contributed by atoms with Crippen LogP contribution in [0.1, 0.15) is 33.6 Å². The van der Waals surface area contributed by atoms with E-state index < -0.39 is 10.0 Å². The summed E-state index contributed by atoms with van der Waals surface area (Å²) < 4.78 is 31.0. The quantitative estimate of drug-likeness (QED) is 0.851. The molecule has 0 aromatic heterocycles. The number of carbonyl (C=O) groups is 1. The summed E-state index contributed by atoms with van der Waals surface area (Å²) in [7, 11) is -3.24. The van der Waals surface area contributed by atoms with Gasteiger partial charge in [-0.25, -0.2) is 12.7 Å². The van der Waals surface area contributed by atoms with Gasteiger partial charge in [0.1, 0.15) is 5.75 Å². The molecule has 24 heavy (non-hydrogen) atoms. The molecule has 1 amide bonds. The molecule has 0 unspecified atom stereocenters. The van der Waals surface area contributed by atoms with Crippen LogP contribution < -0.4 is 10.1 Å². The van der Waals surface area contributed by atoms with E-state index in [9.17, 15) is 13.2 Å². The average molecular weight is 354 g/mol. The predicted molar refractivity (Wildman–Crippen MR) is 94.6 cm³/mol. The van der Waals surface area contributed by atoms with Crippen LogP contribution in [-0.4, -0.2) is 43.6 Å². The Morgan fingerprint density at radius 3 is 2.58 bits per heavy atom. The monoisotopic (exact) mass is 354 g/mol. The summed E-state index contributed by atoms with van der Waals surface area (Å²) in [5.41, 5.74) is 0.687. The van der Waals surface area contributed by atoms with Gasteiger partial charge in [0.15, 0.2) is 0 Å². The molecule has 1 saturated heterocycles. The van der Waals surface area contributed by atoms with E-state index in [1.165, 1.54) is 4.31 Å². The molecule has 1 N–H and O–H groups in total. The molecule has 0 aliphatic carbocycles. The minimum absolute atomic E-state index is 0.0681. The molecule has 7 heteroatoms. The van der Waals surface area contributed by atoms with Crippen molar-refractivity contribution in [2.75, 3.05) is 24.2 Å². The van der Waals surface area contributed by atoms with Gasteiger partial charge in [-0.2, -0.15) is 0 Å². The number of nitrogens with one attached hydrogen (secondary N) is 1. The molecule has 1 aromatic carbocycles. The van der Waals surface area contributed by atoms with E-state index in [0.29, 0.717) is 25.1 Å². The van der Waals surface area contributed by atoms with E-state index in [0.717, 1.165) is 5.75 Å². The van der Waals surface area contributed by atoms with E-state index in [4.69, 9.17) is 4.74 Å². The molecule has 134 valence electrons. The summed E-state index contributed by atoms with van der Waals surface area (Å²) in [5, 5.41) is 2.87. The fourth-order valence-electron chi connectivity index (χ4n) is 2.72. The van der Waals surface area contributed by atoms with Crippen molar-refractivity contribution >= 4 is 21.6 Å². The number of benzene rings is 1. The van der Waals surface area contributed by atoms with Gasteiger partial charge >= 0.3 is 0 Å². The molecular formula is C17H26N2O4S. The van der Waals surface area contributed by atoms with Crippen molar-refractivity contribution in [2.45, 2.75) is 39.7 Å². The number of amides is 1. The molecule has 1 aliphatic heterocycles. The molecule has 1 heterocycles. The normalized spacial score (nSPS) is 19.2. The third-order valence-corrected chi connectivity index (χ3v) is 5.85. The summed E-state index contributed by atoms with van der Waals surface area (Å²) >= 11 is 0.